The predicted molar refractivity (Wildman–Crippen MR) is 79.6 cm³/mol. The number of hydrogen-bond donors (Lipinski definition) is 1. The maximum absolute atomic E-state index is 12.0. The van der Waals surface area contributed by atoms with E-state index in [1.807, 2.05) is 0 Å². The Morgan fingerprint density at radius 2 is 2.30 bits per heavy atom. The van der Waals surface area contributed by atoms with Crippen LogP contribution in [0.3, 0.4) is 0 Å². The lowest BCUT2D eigenvalue weighted by molar-refractivity contribution is -0.385. The van der Waals surface area contributed by atoms with Gasteiger partial charge in [-0.2, -0.15) is 0 Å². The van der Waals surface area contributed by atoms with Gasteiger partial charge in [-0.15, -0.1) is 0 Å². The Balaban J connectivity index is 2.71. The molecule has 1 rings (SSSR count). The zero-order valence-corrected chi connectivity index (χ0v) is 13.1. The first-order valence-corrected chi connectivity index (χ1v) is 7.10. The summed E-state index contributed by atoms with van der Waals surface area (Å²) in [6, 6.07) is 4.13. The van der Waals surface area contributed by atoms with E-state index >= 15 is 0 Å². The second kappa shape index (κ2) is 8.18. The van der Waals surface area contributed by atoms with E-state index in [1.54, 1.807) is 7.11 Å². The van der Waals surface area contributed by atoms with Crippen LogP contribution in [0.15, 0.2) is 18.2 Å². The molecule has 1 unspecified atom stereocenters. The normalized spacial score (nSPS) is 11.9. The molecule has 20 heavy (non-hydrogen) atoms. The van der Waals surface area contributed by atoms with Gasteiger partial charge < -0.3 is 10.1 Å². The number of amides is 1. The summed E-state index contributed by atoms with van der Waals surface area (Å²) >= 11 is 9.25. The van der Waals surface area contributed by atoms with Crippen LogP contribution >= 0.6 is 27.5 Å². The number of carbonyl (C=O) groups is 1. The highest BCUT2D eigenvalue weighted by Crippen LogP contribution is 2.25. The third kappa shape index (κ3) is 4.73. The van der Waals surface area contributed by atoms with Crippen molar-refractivity contribution in [3.8, 4) is 0 Å². The van der Waals surface area contributed by atoms with Gasteiger partial charge in [0.15, 0.2) is 0 Å². The molecule has 0 bridgehead atoms. The summed E-state index contributed by atoms with van der Waals surface area (Å²) in [6.07, 6.45) is 0.637. The number of alkyl halides is 1. The van der Waals surface area contributed by atoms with Crippen molar-refractivity contribution >= 4 is 39.1 Å². The fourth-order valence-corrected chi connectivity index (χ4v) is 2.33. The van der Waals surface area contributed by atoms with Crippen LogP contribution in [0.4, 0.5) is 5.69 Å². The molecule has 0 saturated carbocycles. The first-order chi connectivity index (χ1) is 9.47. The van der Waals surface area contributed by atoms with Crippen molar-refractivity contribution in [3.05, 3.63) is 38.9 Å². The van der Waals surface area contributed by atoms with Gasteiger partial charge in [0.2, 0.25) is 0 Å². The van der Waals surface area contributed by atoms with Crippen molar-refractivity contribution in [3.63, 3.8) is 0 Å². The van der Waals surface area contributed by atoms with E-state index in [0.717, 1.165) is 0 Å². The van der Waals surface area contributed by atoms with Gasteiger partial charge in [-0.25, -0.2) is 0 Å². The number of benzene rings is 1. The third-order valence-electron chi connectivity index (χ3n) is 2.51. The van der Waals surface area contributed by atoms with E-state index in [1.165, 1.54) is 18.2 Å². The van der Waals surface area contributed by atoms with E-state index in [-0.39, 0.29) is 21.1 Å². The number of nitro benzene ring substituents is 1. The van der Waals surface area contributed by atoms with Crippen molar-refractivity contribution < 1.29 is 14.5 Å². The van der Waals surface area contributed by atoms with Crippen molar-refractivity contribution in [1.82, 2.24) is 5.32 Å². The number of rotatable bonds is 7. The molecule has 0 aliphatic carbocycles. The minimum atomic E-state index is -0.626. The van der Waals surface area contributed by atoms with E-state index < -0.39 is 10.8 Å². The summed E-state index contributed by atoms with van der Waals surface area (Å²) in [7, 11) is 1.58. The minimum absolute atomic E-state index is 0.0592. The molecule has 1 atom stereocenters. The smallest absolute Gasteiger partial charge is 0.283 e. The summed E-state index contributed by atoms with van der Waals surface area (Å²) in [6.45, 7) is 0.878. The molecule has 0 aliphatic rings. The molecule has 0 aromatic heterocycles. The van der Waals surface area contributed by atoms with Crippen LogP contribution in [0.5, 0.6) is 0 Å². The highest BCUT2D eigenvalue weighted by atomic mass is 79.9. The molecule has 1 aromatic rings. The minimum Gasteiger partial charge on any atom is -0.384 e. The molecule has 0 heterocycles. The van der Waals surface area contributed by atoms with Gasteiger partial charge in [0.05, 0.1) is 16.6 Å². The van der Waals surface area contributed by atoms with Crippen molar-refractivity contribution in [2.24, 2.45) is 0 Å². The van der Waals surface area contributed by atoms with E-state index in [9.17, 15) is 14.9 Å². The highest BCUT2D eigenvalue weighted by molar-refractivity contribution is 9.09. The summed E-state index contributed by atoms with van der Waals surface area (Å²) in [5, 5.41) is 13.6. The summed E-state index contributed by atoms with van der Waals surface area (Å²) in [4.78, 5) is 22.4. The second-order valence-corrected chi connectivity index (χ2v) is 5.69. The molecule has 0 fully saturated rings. The number of halogens is 2. The quantitative estimate of drug-likeness (QED) is 0.457. The van der Waals surface area contributed by atoms with Gasteiger partial charge in [0, 0.05) is 24.5 Å². The molecule has 110 valence electrons. The van der Waals surface area contributed by atoms with Crippen LogP contribution in [0.25, 0.3) is 0 Å². The van der Waals surface area contributed by atoms with Crippen molar-refractivity contribution in [2.75, 3.05) is 20.3 Å². The number of nitro groups is 1. The van der Waals surface area contributed by atoms with E-state index in [0.29, 0.717) is 19.6 Å². The first-order valence-electron chi connectivity index (χ1n) is 5.81. The van der Waals surface area contributed by atoms with Crippen LogP contribution < -0.4 is 5.32 Å². The number of nitrogens with one attached hydrogen (secondary N) is 1. The van der Waals surface area contributed by atoms with Crippen LogP contribution in [0.2, 0.25) is 5.02 Å². The SMILES string of the molecule is COCC(Br)CCNC(=O)c1c(Cl)cccc1[N+](=O)[O-]. The average Bonchev–Trinajstić information content (AvgIpc) is 2.38. The van der Waals surface area contributed by atoms with Gasteiger partial charge in [-0.3, -0.25) is 14.9 Å². The molecular formula is C12H14BrClN2O4. The lowest BCUT2D eigenvalue weighted by atomic mass is 10.1. The number of ether oxygens (including phenoxy) is 1. The molecule has 0 spiro atoms. The monoisotopic (exact) mass is 364 g/mol. The van der Waals surface area contributed by atoms with Gasteiger partial charge in [-0.1, -0.05) is 33.6 Å². The van der Waals surface area contributed by atoms with Gasteiger partial charge in [0.25, 0.3) is 11.6 Å². The van der Waals surface area contributed by atoms with E-state index in [2.05, 4.69) is 21.2 Å². The molecule has 8 heteroatoms. The average molecular weight is 366 g/mol. The maximum Gasteiger partial charge on any atom is 0.283 e. The van der Waals surface area contributed by atoms with Crippen molar-refractivity contribution in [2.45, 2.75) is 11.2 Å². The van der Waals surface area contributed by atoms with Crippen molar-refractivity contribution in [1.29, 1.82) is 0 Å². The fourth-order valence-electron chi connectivity index (χ4n) is 1.58. The molecular weight excluding hydrogens is 351 g/mol. The van der Waals surface area contributed by atoms with Gasteiger partial charge in [0.1, 0.15) is 5.56 Å². The van der Waals surface area contributed by atoms with Gasteiger partial charge in [-0.05, 0) is 12.5 Å². The summed E-state index contributed by atoms with van der Waals surface area (Å²) in [5.74, 6) is -0.556. The Morgan fingerprint density at radius 1 is 1.60 bits per heavy atom. The largest absolute Gasteiger partial charge is 0.384 e. The van der Waals surface area contributed by atoms with Crippen LogP contribution in [0.1, 0.15) is 16.8 Å². The zero-order valence-electron chi connectivity index (χ0n) is 10.8. The van der Waals surface area contributed by atoms with Gasteiger partial charge >= 0.3 is 0 Å². The zero-order chi connectivity index (χ0) is 15.1. The van der Waals surface area contributed by atoms with Crippen LogP contribution in [-0.2, 0) is 4.74 Å². The molecule has 1 aromatic carbocycles. The van der Waals surface area contributed by atoms with Crippen LogP contribution in [-0.4, -0.2) is 35.9 Å². The lowest BCUT2D eigenvalue weighted by Crippen LogP contribution is -2.27. The molecule has 0 aliphatic heterocycles. The Hall–Kier alpha value is -1.18. The summed E-state index contributed by atoms with van der Waals surface area (Å²) < 4.78 is 4.95. The Bertz CT molecular complexity index is 498. The standard InChI is InChI=1S/C12H14BrClN2O4/c1-20-7-8(13)5-6-15-12(17)11-9(14)3-2-4-10(11)16(18)19/h2-4,8H,5-7H2,1H3,(H,15,17). The molecule has 0 radical (unpaired) electrons. The fraction of sp³-hybridized carbons (Fsp3) is 0.417. The van der Waals surface area contributed by atoms with E-state index in [4.69, 9.17) is 16.3 Å². The molecule has 1 amide bonds. The topological polar surface area (TPSA) is 81.5 Å². The Kier molecular flexibility index (Phi) is 6.90. The number of hydrogen-bond acceptors (Lipinski definition) is 4. The molecule has 1 N–H and O–H groups in total. The Morgan fingerprint density at radius 3 is 2.90 bits per heavy atom. The number of carbonyl (C=O) groups excluding carboxylic acids is 1. The predicted octanol–water partition coefficient (Wildman–Crippen LogP) is 2.78. The number of nitrogens with zero attached hydrogens (tertiary/aromatic N) is 1. The third-order valence-corrected chi connectivity index (χ3v) is 3.54. The lowest BCUT2D eigenvalue weighted by Gasteiger charge is -2.10. The number of methoxy groups -OCH3 is 1. The maximum atomic E-state index is 12.0. The molecule has 6 nitrogen and oxygen atoms in total. The highest BCUT2D eigenvalue weighted by Gasteiger charge is 2.23. The first kappa shape index (κ1) is 16.9. The summed E-state index contributed by atoms with van der Waals surface area (Å²) in [5.41, 5.74) is -0.417. The Labute approximate surface area is 129 Å². The second-order valence-electron chi connectivity index (χ2n) is 3.99. The molecule has 0 saturated heterocycles. The van der Waals surface area contributed by atoms with Crippen LogP contribution in [0, 0.1) is 10.1 Å².